The minimum absolute atomic E-state index is 0.662. The Bertz CT molecular complexity index is 714. The summed E-state index contributed by atoms with van der Waals surface area (Å²) in [6.07, 6.45) is 5.12. The summed E-state index contributed by atoms with van der Waals surface area (Å²) in [6, 6.07) is 9.12. The Morgan fingerprint density at radius 2 is 1.91 bits per heavy atom. The molecule has 1 aromatic heterocycles. The molecule has 0 spiro atoms. The number of hydrogen-bond donors (Lipinski definition) is 0. The normalized spacial score (nSPS) is 19.2. The number of piperidine rings is 1. The second-order valence-electron chi connectivity index (χ2n) is 6.51. The summed E-state index contributed by atoms with van der Waals surface area (Å²) >= 11 is 5.71. The van der Waals surface area contributed by atoms with Gasteiger partial charge in [0, 0.05) is 18.3 Å². The van der Waals surface area contributed by atoms with E-state index in [1.807, 2.05) is 11.6 Å². The van der Waals surface area contributed by atoms with Gasteiger partial charge in [0.15, 0.2) is 0 Å². The molecule has 0 bridgehead atoms. The summed E-state index contributed by atoms with van der Waals surface area (Å²) in [5.74, 6) is 0.948. The Kier molecular flexibility index (Phi) is 4.97. The highest BCUT2D eigenvalue weighted by atomic mass is 32.1. The molecule has 0 saturated carbocycles. The van der Waals surface area contributed by atoms with E-state index in [0.29, 0.717) is 6.04 Å². The SMILES string of the molecule is CC[C@@H]1CCCCN1Cn1nc(C)n(-c2ccc(C)cc2)c1=S. The van der Waals surface area contributed by atoms with E-state index in [1.54, 1.807) is 0 Å². The Morgan fingerprint density at radius 1 is 1.17 bits per heavy atom. The quantitative estimate of drug-likeness (QED) is 0.784. The molecule has 1 aromatic carbocycles. The maximum atomic E-state index is 5.71. The number of likely N-dealkylation sites (tertiary alicyclic amines) is 1. The third-order valence-electron chi connectivity index (χ3n) is 4.83. The van der Waals surface area contributed by atoms with Crippen LogP contribution in [0.1, 0.15) is 44.0 Å². The Morgan fingerprint density at radius 3 is 2.61 bits per heavy atom. The van der Waals surface area contributed by atoms with Gasteiger partial charge in [0.2, 0.25) is 4.77 Å². The standard InChI is InChI=1S/C18H26N4S/c1-4-16-7-5-6-12-20(16)13-21-18(23)22(15(3)19-21)17-10-8-14(2)9-11-17/h8-11,16H,4-7,12-13H2,1-3H3/t16-/m1/s1. The Balaban J connectivity index is 1.88. The van der Waals surface area contributed by atoms with Gasteiger partial charge in [-0.3, -0.25) is 9.47 Å². The molecule has 0 aliphatic carbocycles. The average Bonchev–Trinajstić information content (AvgIpc) is 2.83. The fourth-order valence-electron chi connectivity index (χ4n) is 3.48. The number of aromatic nitrogens is 3. The number of rotatable bonds is 4. The van der Waals surface area contributed by atoms with E-state index in [9.17, 15) is 0 Å². The first-order valence-corrected chi connectivity index (χ1v) is 8.98. The summed E-state index contributed by atoms with van der Waals surface area (Å²) in [5, 5.41) is 4.71. The largest absolute Gasteiger partial charge is 0.281 e. The molecule has 1 fully saturated rings. The zero-order chi connectivity index (χ0) is 16.4. The van der Waals surface area contributed by atoms with Crippen molar-refractivity contribution in [3.8, 4) is 5.69 Å². The van der Waals surface area contributed by atoms with Crippen molar-refractivity contribution in [2.24, 2.45) is 0 Å². The summed E-state index contributed by atoms with van der Waals surface area (Å²) in [6.45, 7) is 8.35. The minimum Gasteiger partial charge on any atom is -0.281 e. The third kappa shape index (κ3) is 3.40. The molecule has 1 atom stereocenters. The highest BCUT2D eigenvalue weighted by Gasteiger charge is 2.22. The molecule has 4 nitrogen and oxygen atoms in total. The van der Waals surface area contributed by atoms with E-state index in [-0.39, 0.29) is 0 Å². The van der Waals surface area contributed by atoms with E-state index in [1.165, 1.54) is 31.2 Å². The first-order chi connectivity index (χ1) is 11.1. The van der Waals surface area contributed by atoms with Crippen LogP contribution in [0.2, 0.25) is 0 Å². The van der Waals surface area contributed by atoms with Crippen LogP contribution in [0, 0.1) is 18.6 Å². The predicted molar refractivity (Wildman–Crippen MR) is 96.5 cm³/mol. The van der Waals surface area contributed by atoms with Gasteiger partial charge < -0.3 is 0 Å². The van der Waals surface area contributed by atoms with Crippen LogP contribution in [-0.2, 0) is 6.67 Å². The molecule has 124 valence electrons. The second-order valence-corrected chi connectivity index (χ2v) is 6.88. The molecule has 0 amide bonds. The molecule has 1 aliphatic heterocycles. The maximum absolute atomic E-state index is 5.71. The van der Waals surface area contributed by atoms with E-state index < -0.39 is 0 Å². The molecular weight excluding hydrogens is 304 g/mol. The van der Waals surface area contributed by atoms with Gasteiger partial charge in [-0.25, -0.2) is 4.68 Å². The molecule has 5 heteroatoms. The summed E-state index contributed by atoms with van der Waals surface area (Å²) < 4.78 is 4.84. The van der Waals surface area contributed by atoms with Crippen LogP contribution in [0.15, 0.2) is 24.3 Å². The zero-order valence-corrected chi connectivity index (χ0v) is 15.1. The van der Waals surface area contributed by atoms with Crippen molar-refractivity contribution in [1.29, 1.82) is 0 Å². The van der Waals surface area contributed by atoms with Crippen molar-refractivity contribution < 1.29 is 0 Å². The van der Waals surface area contributed by atoms with Crippen molar-refractivity contribution >= 4 is 12.2 Å². The lowest BCUT2D eigenvalue weighted by atomic mass is 10.0. The zero-order valence-electron chi connectivity index (χ0n) is 14.3. The van der Waals surface area contributed by atoms with Crippen molar-refractivity contribution in [1.82, 2.24) is 19.2 Å². The number of benzene rings is 1. The first-order valence-electron chi connectivity index (χ1n) is 8.57. The van der Waals surface area contributed by atoms with Crippen LogP contribution in [0.4, 0.5) is 0 Å². The van der Waals surface area contributed by atoms with E-state index in [4.69, 9.17) is 17.3 Å². The molecular formula is C18H26N4S. The number of hydrogen-bond acceptors (Lipinski definition) is 3. The molecule has 23 heavy (non-hydrogen) atoms. The van der Waals surface area contributed by atoms with Gasteiger partial charge in [0.05, 0.1) is 6.67 Å². The monoisotopic (exact) mass is 330 g/mol. The van der Waals surface area contributed by atoms with Gasteiger partial charge in [-0.2, -0.15) is 5.10 Å². The Labute approximate surface area is 143 Å². The number of nitrogens with zero attached hydrogens (tertiary/aromatic N) is 4. The first kappa shape index (κ1) is 16.4. The molecule has 1 aliphatic rings. The average molecular weight is 331 g/mol. The lowest BCUT2D eigenvalue weighted by molar-refractivity contribution is 0.100. The fourth-order valence-corrected chi connectivity index (χ4v) is 3.82. The summed E-state index contributed by atoms with van der Waals surface area (Å²) in [5.41, 5.74) is 2.35. The van der Waals surface area contributed by atoms with E-state index in [2.05, 4.69) is 47.6 Å². The molecule has 2 aromatic rings. The van der Waals surface area contributed by atoms with Crippen LogP contribution in [0.25, 0.3) is 5.69 Å². The van der Waals surface area contributed by atoms with Crippen molar-refractivity contribution in [3.05, 3.63) is 40.4 Å². The second kappa shape index (κ2) is 6.97. The molecule has 0 N–H and O–H groups in total. The Hall–Kier alpha value is -1.46. The van der Waals surface area contributed by atoms with Crippen molar-refractivity contribution in [2.45, 2.75) is 59.2 Å². The fraction of sp³-hybridized carbons (Fsp3) is 0.556. The van der Waals surface area contributed by atoms with Crippen molar-refractivity contribution in [3.63, 3.8) is 0 Å². The molecule has 2 heterocycles. The smallest absolute Gasteiger partial charge is 0.203 e. The lowest BCUT2D eigenvalue weighted by Gasteiger charge is -2.34. The van der Waals surface area contributed by atoms with Gasteiger partial charge in [-0.15, -0.1) is 0 Å². The topological polar surface area (TPSA) is 26.0 Å². The van der Waals surface area contributed by atoms with Crippen LogP contribution < -0.4 is 0 Å². The van der Waals surface area contributed by atoms with Crippen molar-refractivity contribution in [2.75, 3.05) is 6.54 Å². The third-order valence-corrected chi connectivity index (χ3v) is 5.22. The predicted octanol–water partition coefficient (Wildman–Crippen LogP) is 4.24. The van der Waals surface area contributed by atoms with E-state index in [0.717, 1.165) is 29.5 Å². The van der Waals surface area contributed by atoms with Crippen LogP contribution in [0.5, 0.6) is 0 Å². The summed E-state index contributed by atoms with van der Waals surface area (Å²) in [4.78, 5) is 2.53. The van der Waals surface area contributed by atoms with Gasteiger partial charge in [-0.1, -0.05) is 31.0 Å². The van der Waals surface area contributed by atoms with Crippen LogP contribution in [-0.4, -0.2) is 31.8 Å². The number of aryl methyl sites for hydroxylation is 2. The highest BCUT2D eigenvalue weighted by Crippen LogP contribution is 2.21. The van der Waals surface area contributed by atoms with Gasteiger partial charge in [0.1, 0.15) is 5.82 Å². The molecule has 3 rings (SSSR count). The molecule has 0 unspecified atom stereocenters. The summed E-state index contributed by atoms with van der Waals surface area (Å²) in [7, 11) is 0. The molecule has 0 radical (unpaired) electrons. The highest BCUT2D eigenvalue weighted by molar-refractivity contribution is 7.71. The van der Waals surface area contributed by atoms with Gasteiger partial charge >= 0.3 is 0 Å². The lowest BCUT2D eigenvalue weighted by Crippen LogP contribution is -2.40. The van der Waals surface area contributed by atoms with Gasteiger partial charge in [-0.05, 0) is 57.5 Å². The van der Waals surface area contributed by atoms with E-state index >= 15 is 0 Å². The maximum Gasteiger partial charge on any atom is 0.203 e. The van der Waals surface area contributed by atoms with Gasteiger partial charge in [0.25, 0.3) is 0 Å². The van der Waals surface area contributed by atoms with Crippen LogP contribution in [0.3, 0.4) is 0 Å². The molecule has 1 saturated heterocycles. The van der Waals surface area contributed by atoms with Crippen LogP contribution >= 0.6 is 12.2 Å². The minimum atomic E-state index is 0.662.